The van der Waals surface area contributed by atoms with Crippen molar-refractivity contribution in [1.29, 1.82) is 0 Å². The summed E-state index contributed by atoms with van der Waals surface area (Å²) in [4.78, 5) is 25.9. The van der Waals surface area contributed by atoms with Crippen LogP contribution in [-0.2, 0) is 14.2 Å². The van der Waals surface area contributed by atoms with Crippen LogP contribution in [0.1, 0.15) is 41.0 Å². The summed E-state index contributed by atoms with van der Waals surface area (Å²) in [6.07, 6.45) is -1.66. The van der Waals surface area contributed by atoms with E-state index < -0.39 is 38.3 Å². The SMILES string of the molecule is CC[C@H]1O[C@H](C#C[Si](C)(C)C)[C@@H](OC(=O)c2ccccc2)[C@@H](OC(=O)c2ccccc2)[C@@H]1C. The van der Waals surface area contributed by atoms with Gasteiger partial charge in [-0.05, 0) is 30.7 Å². The molecular formula is C27H32O5Si. The molecule has 1 heterocycles. The lowest BCUT2D eigenvalue weighted by molar-refractivity contribution is -0.180. The fraction of sp³-hybridized carbons (Fsp3) is 0.407. The number of esters is 2. The number of benzene rings is 2. The van der Waals surface area contributed by atoms with Gasteiger partial charge < -0.3 is 14.2 Å². The van der Waals surface area contributed by atoms with Gasteiger partial charge in [0.2, 0.25) is 0 Å². The fourth-order valence-electron chi connectivity index (χ4n) is 3.78. The molecule has 0 amide bonds. The Hall–Kier alpha value is -2.88. The van der Waals surface area contributed by atoms with Crippen LogP contribution in [0.2, 0.25) is 19.6 Å². The quantitative estimate of drug-likeness (QED) is 0.349. The highest BCUT2D eigenvalue weighted by atomic mass is 28.3. The average Bonchev–Trinajstić information content (AvgIpc) is 2.81. The topological polar surface area (TPSA) is 61.8 Å². The Kier molecular flexibility index (Phi) is 8.12. The molecule has 1 saturated heterocycles. The van der Waals surface area contributed by atoms with Gasteiger partial charge in [-0.25, -0.2) is 9.59 Å². The molecule has 0 aliphatic carbocycles. The van der Waals surface area contributed by atoms with Crippen molar-refractivity contribution in [2.45, 2.75) is 64.3 Å². The zero-order valence-electron chi connectivity index (χ0n) is 19.9. The van der Waals surface area contributed by atoms with Crippen LogP contribution in [0.5, 0.6) is 0 Å². The molecular weight excluding hydrogens is 432 g/mol. The number of carbonyl (C=O) groups excluding carboxylic acids is 2. The van der Waals surface area contributed by atoms with Crippen molar-refractivity contribution in [2.75, 3.05) is 0 Å². The summed E-state index contributed by atoms with van der Waals surface area (Å²) in [6, 6.07) is 17.6. The van der Waals surface area contributed by atoms with Gasteiger partial charge in [0.15, 0.2) is 12.2 Å². The Labute approximate surface area is 197 Å². The van der Waals surface area contributed by atoms with Gasteiger partial charge in [-0.3, -0.25) is 0 Å². The number of ether oxygens (including phenoxy) is 3. The summed E-state index contributed by atoms with van der Waals surface area (Å²) in [6.45, 7) is 10.4. The largest absolute Gasteiger partial charge is 0.454 e. The zero-order chi connectivity index (χ0) is 24.0. The first kappa shape index (κ1) is 24.8. The van der Waals surface area contributed by atoms with E-state index in [1.54, 1.807) is 48.5 Å². The van der Waals surface area contributed by atoms with Crippen LogP contribution in [-0.4, -0.2) is 44.4 Å². The van der Waals surface area contributed by atoms with E-state index in [1.165, 1.54) is 0 Å². The van der Waals surface area contributed by atoms with E-state index in [-0.39, 0.29) is 12.0 Å². The van der Waals surface area contributed by atoms with Gasteiger partial charge in [-0.1, -0.05) is 75.8 Å². The van der Waals surface area contributed by atoms with Crippen molar-refractivity contribution in [2.24, 2.45) is 5.92 Å². The first-order chi connectivity index (χ1) is 15.7. The van der Waals surface area contributed by atoms with Crippen LogP contribution in [0.15, 0.2) is 60.7 Å². The summed E-state index contributed by atoms with van der Waals surface area (Å²) >= 11 is 0. The van der Waals surface area contributed by atoms with Gasteiger partial charge in [0.1, 0.15) is 14.2 Å². The lowest BCUT2D eigenvalue weighted by Gasteiger charge is -2.43. The van der Waals surface area contributed by atoms with E-state index in [0.29, 0.717) is 11.1 Å². The molecule has 0 saturated carbocycles. The molecule has 5 nitrogen and oxygen atoms in total. The maximum Gasteiger partial charge on any atom is 0.338 e. The van der Waals surface area contributed by atoms with Crippen molar-refractivity contribution >= 4 is 20.0 Å². The molecule has 2 aromatic rings. The first-order valence-corrected chi connectivity index (χ1v) is 14.9. The van der Waals surface area contributed by atoms with E-state index in [1.807, 2.05) is 26.0 Å². The molecule has 0 radical (unpaired) electrons. The third-order valence-electron chi connectivity index (χ3n) is 5.55. The highest BCUT2D eigenvalue weighted by molar-refractivity contribution is 6.83. The van der Waals surface area contributed by atoms with Crippen molar-refractivity contribution < 1.29 is 23.8 Å². The van der Waals surface area contributed by atoms with Gasteiger partial charge in [0.25, 0.3) is 0 Å². The molecule has 0 aromatic heterocycles. The molecule has 0 unspecified atom stereocenters. The molecule has 1 aliphatic heterocycles. The number of hydrogen-bond acceptors (Lipinski definition) is 5. The molecule has 174 valence electrons. The van der Waals surface area contributed by atoms with Gasteiger partial charge in [-0.15, -0.1) is 5.54 Å². The van der Waals surface area contributed by atoms with Gasteiger partial charge in [0.05, 0.1) is 17.2 Å². The van der Waals surface area contributed by atoms with E-state index in [2.05, 4.69) is 31.1 Å². The second-order valence-corrected chi connectivity index (χ2v) is 14.1. The van der Waals surface area contributed by atoms with E-state index in [4.69, 9.17) is 14.2 Å². The van der Waals surface area contributed by atoms with Crippen molar-refractivity contribution in [3.8, 4) is 11.5 Å². The van der Waals surface area contributed by atoms with E-state index in [9.17, 15) is 9.59 Å². The van der Waals surface area contributed by atoms with Gasteiger partial charge in [-0.2, -0.15) is 0 Å². The van der Waals surface area contributed by atoms with Crippen LogP contribution in [0.25, 0.3) is 0 Å². The summed E-state index contributed by atoms with van der Waals surface area (Å²) in [5.74, 6) is 2.09. The molecule has 6 heteroatoms. The molecule has 0 spiro atoms. The maximum absolute atomic E-state index is 13.0. The highest BCUT2D eigenvalue weighted by Crippen LogP contribution is 2.33. The molecule has 0 bridgehead atoms. The minimum atomic E-state index is -1.72. The fourth-order valence-corrected chi connectivity index (χ4v) is 4.35. The Bertz CT molecular complexity index is 1000. The molecule has 2 aromatic carbocycles. The van der Waals surface area contributed by atoms with Crippen molar-refractivity contribution in [1.82, 2.24) is 0 Å². The molecule has 1 aliphatic rings. The monoisotopic (exact) mass is 464 g/mol. The van der Waals surface area contributed by atoms with E-state index >= 15 is 0 Å². The Morgan fingerprint density at radius 1 is 0.879 bits per heavy atom. The third kappa shape index (κ3) is 6.56. The highest BCUT2D eigenvalue weighted by Gasteiger charge is 2.47. The van der Waals surface area contributed by atoms with E-state index in [0.717, 1.165) is 6.42 Å². The molecule has 1 fully saturated rings. The predicted molar refractivity (Wildman–Crippen MR) is 131 cm³/mol. The lowest BCUT2D eigenvalue weighted by Crippen LogP contribution is -2.56. The zero-order valence-corrected chi connectivity index (χ0v) is 20.9. The number of hydrogen-bond donors (Lipinski definition) is 0. The standard InChI is InChI=1S/C27H32O5Si/c1-6-22-19(2)24(31-26(28)20-13-9-7-10-14-20)25(23(30-22)17-18-33(3,4)5)32-27(29)21-15-11-8-12-16-21/h7-16,19,22-25H,6H2,1-5H3/t19-,22-,23-,24+,25-/m1/s1. The smallest absolute Gasteiger partial charge is 0.338 e. The predicted octanol–water partition coefficient (Wildman–Crippen LogP) is 5.13. The minimum Gasteiger partial charge on any atom is -0.454 e. The Balaban J connectivity index is 1.96. The van der Waals surface area contributed by atoms with Crippen LogP contribution >= 0.6 is 0 Å². The summed E-state index contributed by atoms with van der Waals surface area (Å²) in [5, 5.41) is 0. The Morgan fingerprint density at radius 2 is 1.36 bits per heavy atom. The minimum absolute atomic E-state index is 0.175. The number of rotatable bonds is 5. The summed E-state index contributed by atoms with van der Waals surface area (Å²) in [5.41, 5.74) is 4.20. The van der Waals surface area contributed by atoms with Crippen molar-refractivity contribution in [3.05, 3.63) is 71.8 Å². The lowest BCUT2D eigenvalue weighted by atomic mass is 9.86. The molecule has 33 heavy (non-hydrogen) atoms. The van der Waals surface area contributed by atoms with Gasteiger partial charge >= 0.3 is 11.9 Å². The van der Waals surface area contributed by atoms with Crippen LogP contribution < -0.4 is 0 Å². The Morgan fingerprint density at radius 3 is 1.82 bits per heavy atom. The molecule has 5 atom stereocenters. The van der Waals surface area contributed by atoms with Gasteiger partial charge in [0, 0.05) is 5.92 Å². The second-order valence-electron chi connectivity index (χ2n) is 9.35. The molecule has 0 N–H and O–H groups in total. The summed E-state index contributed by atoms with van der Waals surface area (Å²) < 4.78 is 18.2. The van der Waals surface area contributed by atoms with Crippen LogP contribution in [0.3, 0.4) is 0 Å². The third-order valence-corrected chi connectivity index (χ3v) is 6.44. The first-order valence-electron chi connectivity index (χ1n) is 11.4. The van der Waals surface area contributed by atoms with Crippen LogP contribution in [0.4, 0.5) is 0 Å². The second kappa shape index (κ2) is 10.8. The average molecular weight is 465 g/mol. The summed E-state index contributed by atoms with van der Waals surface area (Å²) in [7, 11) is -1.72. The number of carbonyl (C=O) groups is 2. The maximum atomic E-state index is 13.0. The van der Waals surface area contributed by atoms with Crippen molar-refractivity contribution in [3.63, 3.8) is 0 Å². The van der Waals surface area contributed by atoms with Crippen LogP contribution in [0, 0.1) is 17.4 Å². The molecule has 3 rings (SSSR count). The normalized spacial score (nSPS) is 24.8.